The summed E-state index contributed by atoms with van der Waals surface area (Å²) in [5.41, 5.74) is 0.242. The van der Waals surface area contributed by atoms with Crippen molar-refractivity contribution < 1.29 is 23.8 Å². The number of carbonyl (C=O) groups excluding carboxylic acids is 1. The molecule has 0 aliphatic carbocycles. The van der Waals surface area contributed by atoms with Gasteiger partial charge in [-0.25, -0.2) is 4.98 Å². The average molecular weight is 334 g/mol. The standard InChI is InChI=1S/C17H22N2O5/c1-11(2)16-15(19-10-24-16)17(21)18-8-12(20)9-23-14-6-4-5-13(7-14)22-3/h4-7,10-12,20H,8-9H2,1-3H3,(H,18,21). The lowest BCUT2D eigenvalue weighted by Crippen LogP contribution is -2.35. The highest BCUT2D eigenvalue weighted by molar-refractivity contribution is 5.93. The molecule has 1 aromatic carbocycles. The number of ether oxygens (including phenoxy) is 2. The zero-order chi connectivity index (χ0) is 17.5. The molecular formula is C17H22N2O5. The number of aliphatic hydroxyl groups excluding tert-OH is 1. The van der Waals surface area contributed by atoms with E-state index in [4.69, 9.17) is 13.9 Å². The molecular weight excluding hydrogens is 312 g/mol. The molecule has 0 saturated heterocycles. The highest BCUT2D eigenvalue weighted by atomic mass is 16.5. The predicted octanol–water partition coefficient (Wildman–Crippen LogP) is 1.98. The summed E-state index contributed by atoms with van der Waals surface area (Å²) in [5, 5.41) is 12.6. The Labute approximate surface area is 140 Å². The third-order valence-corrected chi connectivity index (χ3v) is 3.32. The zero-order valence-corrected chi connectivity index (χ0v) is 14.0. The lowest BCUT2D eigenvalue weighted by molar-refractivity contribution is 0.0838. The molecule has 7 nitrogen and oxygen atoms in total. The molecule has 0 bridgehead atoms. The molecule has 1 aromatic heterocycles. The van der Waals surface area contributed by atoms with Gasteiger partial charge in [0.15, 0.2) is 12.1 Å². The van der Waals surface area contributed by atoms with Crippen molar-refractivity contribution in [3.8, 4) is 11.5 Å². The van der Waals surface area contributed by atoms with Gasteiger partial charge in [-0.05, 0) is 12.1 Å². The number of hydrogen-bond acceptors (Lipinski definition) is 6. The van der Waals surface area contributed by atoms with E-state index >= 15 is 0 Å². The SMILES string of the molecule is COc1cccc(OCC(O)CNC(=O)c2ncoc2C(C)C)c1. The first-order valence-corrected chi connectivity index (χ1v) is 7.67. The Hall–Kier alpha value is -2.54. The maximum atomic E-state index is 12.1. The summed E-state index contributed by atoms with van der Waals surface area (Å²) in [5.74, 6) is 1.44. The van der Waals surface area contributed by atoms with Crippen molar-refractivity contribution in [3.05, 3.63) is 42.1 Å². The van der Waals surface area contributed by atoms with Crippen LogP contribution in [-0.2, 0) is 0 Å². The summed E-state index contributed by atoms with van der Waals surface area (Å²) >= 11 is 0. The van der Waals surface area contributed by atoms with Gasteiger partial charge >= 0.3 is 0 Å². The molecule has 1 amide bonds. The number of nitrogens with one attached hydrogen (secondary N) is 1. The van der Waals surface area contributed by atoms with Gasteiger partial charge in [0.25, 0.3) is 5.91 Å². The smallest absolute Gasteiger partial charge is 0.273 e. The first kappa shape index (κ1) is 17.8. The maximum absolute atomic E-state index is 12.1. The Kier molecular flexibility index (Phi) is 6.20. The van der Waals surface area contributed by atoms with Crippen molar-refractivity contribution in [1.82, 2.24) is 10.3 Å². The number of oxazole rings is 1. The highest BCUT2D eigenvalue weighted by Crippen LogP contribution is 2.19. The van der Waals surface area contributed by atoms with Crippen LogP contribution in [-0.4, -0.2) is 42.4 Å². The summed E-state index contributed by atoms with van der Waals surface area (Å²) in [6, 6.07) is 7.07. The Morgan fingerprint density at radius 1 is 1.38 bits per heavy atom. The van der Waals surface area contributed by atoms with Gasteiger partial charge in [0, 0.05) is 18.5 Å². The molecule has 2 rings (SSSR count). The van der Waals surface area contributed by atoms with Crippen LogP contribution in [0.2, 0.25) is 0 Å². The van der Waals surface area contributed by atoms with E-state index in [1.54, 1.807) is 31.4 Å². The van der Waals surface area contributed by atoms with Crippen LogP contribution in [0.5, 0.6) is 11.5 Å². The second-order valence-corrected chi connectivity index (χ2v) is 5.57. The molecule has 24 heavy (non-hydrogen) atoms. The minimum atomic E-state index is -0.852. The van der Waals surface area contributed by atoms with Crippen LogP contribution in [0.25, 0.3) is 0 Å². The van der Waals surface area contributed by atoms with Gasteiger partial charge in [-0.2, -0.15) is 0 Å². The third kappa shape index (κ3) is 4.73. The molecule has 2 N–H and O–H groups in total. The van der Waals surface area contributed by atoms with E-state index in [0.717, 1.165) is 0 Å². The Bertz CT molecular complexity index is 669. The first-order chi connectivity index (χ1) is 11.5. The van der Waals surface area contributed by atoms with Crippen molar-refractivity contribution in [2.75, 3.05) is 20.3 Å². The molecule has 130 valence electrons. The fourth-order valence-corrected chi connectivity index (χ4v) is 2.07. The normalized spacial score (nSPS) is 12.0. The topological polar surface area (TPSA) is 93.8 Å². The minimum absolute atomic E-state index is 0.0449. The average Bonchev–Trinajstić information content (AvgIpc) is 3.08. The number of amides is 1. The van der Waals surface area contributed by atoms with Crippen molar-refractivity contribution >= 4 is 5.91 Å². The summed E-state index contributed by atoms with van der Waals surface area (Å²) < 4.78 is 15.8. The number of aromatic nitrogens is 1. The van der Waals surface area contributed by atoms with Crippen LogP contribution >= 0.6 is 0 Å². The minimum Gasteiger partial charge on any atom is -0.497 e. The van der Waals surface area contributed by atoms with Crippen LogP contribution in [0.4, 0.5) is 0 Å². The number of carbonyl (C=O) groups is 1. The quantitative estimate of drug-likeness (QED) is 0.766. The fraction of sp³-hybridized carbons (Fsp3) is 0.412. The lowest BCUT2D eigenvalue weighted by atomic mass is 10.1. The number of methoxy groups -OCH3 is 1. The fourth-order valence-electron chi connectivity index (χ4n) is 2.07. The van der Waals surface area contributed by atoms with E-state index < -0.39 is 6.10 Å². The van der Waals surface area contributed by atoms with Gasteiger partial charge < -0.3 is 24.3 Å². The summed E-state index contributed by atoms with van der Waals surface area (Å²) in [4.78, 5) is 16.0. The number of rotatable bonds is 8. The van der Waals surface area contributed by atoms with E-state index in [2.05, 4.69) is 10.3 Å². The summed E-state index contributed by atoms with van der Waals surface area (Å²) in [6.07, 6.45) is 0.390. The molecule has 1 unspecified atom stereocenters. The van der Waals surface area contributed by atoms with Gasteiger partial charge in [-0.1, -0.05) is 19.9 Å². The van der Waals surface area contributed by atoms with Crippen molar-refractivity contribution in [3.63, 3.8) is 0 Å². The molecule has 1 heterocycles. The van der Waals surface area contributed by atoms with E-state index in [9.17, 15) is 9.90 Å². The predicted molar refractivity (Wildman–Crippen MR) is 87.4 cm³/mol. The van der Waals surface area contributed by atoms with Crippen LogP contribution in [0.1, 0.15) is 36.0 Å². The molecule has 0 aliphatic rings. The van der Waals surface area contributed by atoms with E-state index in [1.807, 2.05) is 13.8 Å². The molecule has 7 heteroatoms. The van der Waals surface area contributed by atoms with Gasteiger partial charge in [-0.15, -0.1) is 0 Å². The van der Waals surface area contributed by atoms with E-state index in [-0.39, 0.29) is 30.7 Å². The zero-order valence-electron chi connectivity index (χ0n) is 14.0. The van der Waals surface area contributed by atoms with Gasteiger partial charge in [0.2, 0.25) is 0 Å². The monoisotopic (exact) mass is 334 g/mol. The molecule has 2 aromatic rings. The van der Waals surface area contributed by atoms with Crippen LogP contribution in [0.15, 0.2) is 35.1 Å². The second-order valence-electron chi connectivity index (χ2n) is 5.57. The van der Waals surface area contributed by atoms with Crippen LogP contribution in [0, 0.1) is 0 Å². The van der Waals surface area contributed by atoms with Crippen molar-refractivity contribution in [2.45, 2.75) is 25.9 Å². The van der Waals surface area contributed by atoms with E-state index in [0.29, 0.717) is 17.3 Å². The van der Waals surface area contributed by atoms with Gasteiger partial charge in [0.1, 0.15) is 30.0 Å². The molecule has 0 radical (unpaired) electrons. The summed E-state index contributed by atoms with van der Waals surface area (Å²) in [7, 11) is 1.57. The summed E-state index contributed by atoms with van der Waals surface area (Å²) in [6.45, 7) is 3.92. The van der Waals surface area contributed by atoms with Gasteiger partial charge in [0.05, 0.1) is 7.11 Å². The number of benzene rings is 1. The number of aliphatic hydroxyl groups is 1. The molecule has 0 spiro atoms. The second kappa shape index (κ2) is 8.35. The molecule has 0 aliphatic heterocycles. The van der Waals surface area contributed by atoms with Crippen LogP contribution < -0.4 is 14.8 Å². The molecule has 1 atom stereocenters. The number of hydrogen-bond donors (Lipinski definition) is 2. The van der Waals surface area contributed by atoms with Crippen molar-refractivity contribution in [2.24, 2.45) is 0 Å². The molecule has 0 saturated carbocycles. The van der Waals surface area contributed by atoms with E-state index in [1.165, 1.54) is 6.39 Å². The first-order valence-electron chi connectivity index (χ1n) is 7.67. The third-order valence-electron chi connectivity index (χ3n) is 3.32. The Balaban J connectivity index is 1.81. The largest absolute Gasteiger partial charge is 0.497 e. The highest BCUT2D eigenvalue weighted by Gasteiger charge is 2.19. The van der Waals surface area contributed by atoms with Gasteiger partial charge in [-0.3, -0.25) is 4.79 Å². The Morgan fingerprint density at radius 2 is 2.12 bits per heavy atom. The lowest BCUT2D eigenvalue weighted by Gasteiger charge is -2.13. The van der Waals surface area contributed by atoms with Crippen LogP contribution in [0.3, 0.4) is 0 Å². The van der Waals surface area contributed by atoms with Crippen molar-refractivity contribution in [1.29, 1.82) is 0 Å². The Morgan fingerprint density at radius 3 is 2.83 bits per heavy atom. The number of nitrogens with zero attached hydrogens (tertiary/aromatic N) is 1. The maximum Gasteiger partial charge on any atom is 0.273 e. The molecule has 0 fully saturated rings.